The van der Waals surface area contributed by atoms with Crippen molar-refractivity contribution in [1.82, 2.24) is 13.1 Å². The van der Waals surface area contributed by atoms with Crippen LogP contribution in [0.15, 0.2) is 41.3 Å². The van der Waals surface area contributed by atoms with E-state index in [2.05, 4.69) is 14.1 Å². The van der Waals surface area contributed by atoms with E-state index in [0.29, 0.717) is 30.4 Å². The Kier molecular flexibility index (Phi) is 4.90. The number of sulfonamides is 1. The first kappa shape index (κ1) is 19.0. The Morgan fingerprint density at radius 2 is 1.86 bits per heavy atom. The number of aromatic nitrogens is 2. The van der Waals surface area contributed by atoms with Crippen LogP contribution >= 0.6 is 11.7 Å². The summed E-state index contributed by atoms with van der Waals surface area (Å²) in [6.07, 6.45) is 1.12. The van der Waals surface area contributed by atoms with E-state index < -0.39 is 16.1 Å². The van der Waals surface area contributed by atoms with Gasteiger partial charge in [0.05, 0.1) is 11.7 Å². The van der Waals surface area contributed by atoms with Crippen molar-refractivity contribution in [2.75, 3.05) is 11.9 Å². The average molecular weight is 417 g/mol. The lowest BCUT2D eigenvalue weighted by Gasteiger charge is -2.24. The Bertz CT molecular complexity index is 1140. The molecule has 1 amide bonds. The van der Waals surface area contributed by atoms with Crippen LogP contribution in [0, 0.1) is 13.8 Å². The summed E-state index contributed by atoms with van der Waals surface area (Å²) in [6, 6.07) is 9.92. The van der Waals surface area contributed by atoms with Crippen LogP contribution in [0.5, 0.6) is 0 Å². The quantitative estimate of drug-likeness (QED) is 0.706. The Balaban J connectivity index is 1.66. The molecule has 2 heterocycles. The van der Waals surface area contributed by atoms with Crippen LogP contribution in [-0.2, 0) is 14.8 Å². The summed E-state index contributed by atoms with van der Waals surface area (Å²) in [4.78, 5) is 13.1. The number of rotatable bonds is 4. The number of carbonyl (C=O) groups is 1. The number of carbonyl (C=O) groups excluding carboxylic acids is 1. The SMILES string of the molecule is Cc1cccc(C)c1NC(=O)[C@@H]1CCCN1S(=O)(=O)c1cccc2nsnc12. The van der Waals surface area contributed by atoms with Gasteiger partial charge in [0.15, 0.2) is 0 Å². The van der Waals surface area contributed by atoms with E-state index in [4.69, 9.17) is 0 Å². The Hall–Kier alpha value is -2.36. The molecule has 0 unspecified atom stereocenters. The largest absolute Gasteiger partial charge is 0.324 e. The predicted molar refractivity (Wildman–Crippen MR) is 109 cm³/mol. The summed E-state index contributed by atoms with van der Waals surface area (Å²) in [5, 5.41) is 2.94. The lowest BCUT2D eigenvalue weighted by molar-refractivity contribution is -0.119. The van der Waals surface area contributed by atoms with Crippen molar-refractivity contribution in [1.29, 1.82) is 0 Å². The molecule has 9 heteroatoms. The number of hydrogen-bond donors (Lipinski definition) is 1. The standard InChI is InChI=1S/C19H20N4O3S2/c1-12-6-3-7-13(2)17(12)20-19(24)15-9-5-11-23(15)28(25,26)16-10-4-8-14-18(16)22-27-21-14/h3-4,6-8,10,15H,5,9,11H2,1-2H3,(H,20,24)/t15-/m0/s1. The van der Waals surface area contributed by atoms with E-state index in [1.54, 1.807) is 12.1 Å². The second kappa shape index (κ2) is 7.23. The third-order valence-electron chi connectivity index (χ3n) is 5.07. The summed E-state index contributed by atoms with van der Waals surface area (Å²) in [5.41, 5.74) is 3.52. The number of hydrogen-bond acceptors (Lipinski definition) is 6. The molecule has 28 heavy (non-hydrogen) atoms. The van der Waals surface area contributed by atoms with Gasteiger partial charge in [0, 0.05) is 12.2 Å². The fraction of sp³-hybridized carbons (Fsp3) is 0.316. The molecule has 3 aromatic rings. The van der Waals surface area contributed by atoms with Crippen molar-refractivity contribution in [3.63, 3.8) is 0 Å². The molecule has 0 aliphatic carbocycles. The molecule has 1 fully saturated rings. The van der Waals surface area contributed by atoms with Crippen LogP contribution in [0.25, 0.3) is 11.0 Å². The molecule has 1 saturated heterocycles. The van der Waals surface area contributed by atoms with Gasteiger partial charge in [0.2, 0.25) is 15.9 Å². The highest BCUT2D eigenvalue weighted by atomic mass is 32.2. The lowest BCUT2D eigenvalue weighted by Crippen LogP contribution is -2.43. The monoisotopic (exact) mass is 416 g/mol. The summed E-state index contributed by atoms with van der Waals surface area (Å²) >= 11 is 0.976. The van der Waals surface area contributed by atoms with Gasteiger partial charge >= 0.3 is 0 Å². The molecule has 146 valence electrons. The molecule has 0 bridgehead atoms. The van der Waals surface area contributed by atoms with Crippen LogP contribution in [-0.4, -0.2) is 40.0 Å². The van der Waals surface area contributed by atoms with Crippen molar-refractivity contribution in [3.8, 4) is 0 Å². The summed E-state index contributed by atoms with van der Waals surface area (Å²) in [7, 11) is -3.87. The molecule has 0 saturated carbocycles. The zero-order valence-corrected chi connectivity index (χ0v) is 17.2. The van der Waals surface area contributed by atoms with Gasteiger partial charge in [0.1, 0.15) is 22.0 Å². The normalized spacial score (nSPS) is 17.9. The van der Waals surface area contributed by atoms with Crippen LogP contribution in [0.4, 0.5) is 5.69 Å². The lowest BCUT2D eigenvalue weighted by atomic mass is 10.1. The number of aryl methyl sites for hydroxylation is 2. The highest BCUT2D eigenvalue weighted by Crippen LogP contribution is 2.31. The van der Waals surface area contributed by atoms with Gasteiger partial charge in [-0.3, -0.25) is 4.79 Å². The van der Waals surface area contributed by atoms with Crippen molar-refractivity contribution in [2.45, 2.75) is 37.6 Å². The Labute approximate surface area is 167 Å². The van der Waals surface area contributed by atoms with Gasteiger partial charge in [-0.15, -0.1) is 0 Å². The van der Waals surface area contributed by atoms with E-state index in [-0.39, 0.29) is 10.8 Å². The highest BCUT2D eigenvalue weighted by Gasteiger charge is 2.40. The molecule has 0 radical (unpaired) electrons. The minimum Gasteiger partial charge on any atom is -0.324 e. The maximum atomic E-state index is 13.3. The summed E-state index contributed by atoms with van der Waals surface area (Å²) in [5.74, 6) is -0.304. The molecule has 0 spiro atoms. The zero-order valence-electron chi connectivity index (χ0n) is 15.5. The van der Waals surface area contributed by atoms with E-state index >= 15 is 0 Å². The van der Waals surface area contributed by atoms with Crippen molar-refractivity contribution < 1.29 is 13.2 Å². The Morgan fingerprint density at radius 1 is 1.14 bits per heavy atom. The second-order valence-corrected chi connectivity index (χ2v) is 9.31. The van der Waals surface area contributed by atoms with Gasteiger partial charge in [-0.25, -0.2) is 8.42 Å². The first-order valence-electron chi connectivity index (χ1n) is 9.00. The first-order valence-corrected chi connectivity index (χ1v) is 11.2. The number of nitrogens with one attached hydrogen (secondary N) is 1. The molecular weight excluding hydrogens is 396 g/mol. The highest BCUT2D eigenvalue weighted by molar-refractivity contribution is 7.89. The fourth-order valence-corrected chi connectivity index (χ4v) is 6.03. The maximum Gasteiger partial charge on any atom is 0.246 e. The second-order valence-electron chi connectivity index (χ2n) is 6.92. The van der Waals surface area contributed by atoms with Gasteiger partial charge < -0.3 is 5.32 Å². The fourth-order valence-electron chi connectivity index (χ4n) is 3.62. The van der Waals surface area contributed by atoms with Crippen LogP contribution in [0.2, 0.25) is 0 Å². The number of anilines is 1. The van der Waals surface area contributed by atoms with E-state index in [0.717, 1.165) is 28.5 Å². The third-order valence-corrected chi connectivity index (χ3v) is 7.55. The molecule has 1 aromatic heterocycles. The molecule has 1 atom stereocenters. The van der Waals surface area contributed by atoms with Gasteiger partial charge in [-0.2, -0.15) is 13.1 Å². The van der Waals surface area contributed by atoms with Crippen LogP contribution in [0.1, 0.15) is 24.0 Å². The third kappa shape index (κ3) is 3.19. The predicted octanol–water partition coefficient (Wildman–Crippen LogP) is 3.10. The number of nitrogens with zero attached hydrogens (tertiary/aromatic N) is 3. The first-order chi connectivity index (χ1) is 13.4. The number of benzene rings is 2. The van der Waals surface area contributed by atoms with E-state index in [9.17, 15) is 13.2 Å². The minimum atomic E-state index is -3.87. The number of amides is 1. The van der Waals surface area contributed by atoms with Crippen molar-refractivity contribution in [3.05, 3.63) is 47.5 Å². The van der Waals surface area contributed by atoms with Gasteiger partial charge in [-0.1, -0.05) is 24.3 Å². The van der Waals surface area contributed by atoms with Crippen LogP contribution in [0.3, 0.4) is 0 Å². The molecular formula is C19H20N4O3S2. The Morgan fingerprint density at radius 3 is 2.61 bits per heavy atom. The van der Waals surface area contributed by atoms with Crippen molar-refractivity contribution in [2.24, 2.45) is 0 Å². The maximum absolute atomic E-state index is 13.3. The summed E-state index contributed by atoms with van der Waals surface area (Å²) in [6.45, 7) is 4.14. The molecule has 1 N–H and O–H groups in total. The van der Waals surface area contributed by atoms with E-state index in [1.807, 2.05) is 32.0 Å². The molecule has 7 nitrogen and oxygen atoms in total. The van der Waals surface area contributed by atoms with E-state index in [1.165, 1.54) is 10.4 Å². The molecule has 4 rings (SSSR count). The smallest absolute Gasteiger partial charge is 0.246 e. The number of fused-ring (bicyclic) bond motifs is 1. The zero-order chi connectivity index (χ0) is 19.9. The molecule has 1 aliphatic heterocycles. The molecule has 1 aliphatic rings. The van der Waals surface area contributed by atoms with Gasteiger partial charge in [0.25, 0.3) is 0 Å². The topological polar surface area (TPSA) is 92.3 Å². The average Bonchev–Trinajstić information content (AvgIpc) is 3.33. The van der Waals surface area contributed by atoms with Gasteiger partial charge in [-0.05, 0) is 49.9 Å². The minimum absolute atomic E-state index is 0.102. The molecule has 2 aromatic carbocycles. The van der Waals surface area contributed by atoms with Crippen molar-refractivity contribution >= 4 is 44.4 Å². The number of para-hydroxylation sites is 1. The van der Waals surface area contributed by atoms with Crippen LogP contribution < -0.4 is 5.32 Å². The summed E-state index contributed by atoms with van der Waals surface area (Å²) < 4.78 is 36.2.